The van der Waals surface area contributed by atoms with Gasteiger partial charge < -0.3 is 15.2 Å². The summed E-state index contributed by atoms with van der Waals surface area (Å²) in [6, 6.07) is 5.10. The van der Waals surface area contributed by atoms with Crippen LogP contribution in [0.25, 0.3) is 0 Å². The molecule has 1 heterocycles. The van der Waals surface area contributed by atoms with Crippen LogP contribution in [0, 0.1) is 0 Å². The van der Waals surface area contributed by atoms with Gasteiger partial charge in [0.25, 0.3) is 0 Å². The number of aliphatic carboxylic acids is 1. The molecule has 0 fully saturated rings. The number of carbonyl (C=O) groups is 1. The third kappa shape index (κ3) is 2.57. The Kier molecular flexibility index (Phi) is 4.07. The third-order valence-corrected chi connectivity index (χ3v) is 3.77. The summed E-state index contributed by atoms with van der Waals surface area (Å²) in [6.07, 6.45) is 0.912. The summed E-state index contributed by atoms with van der Waals surface area (Å²) in [6.45, 7) is 0.844. The van der Waals surface area contributed by atoms with Gasteiger partial charge in [-0.15, -0.1) is 0 Å². The Morgan fingerprint density at radius 2 is 2.32 bits per heavy atom. The van der Waals surface area contributed by atoms with E-state index in [-0.39, 0.29) is 6.04 Å². The Morgan fingerprint density at radius 1 is 1.58 bits per heavy atom. The molecule has 0 amide bonds. The van der Waals surface area contributed by atoms with Gasteiger partial charge in [-0.2, -0.15) is 0 Å². The number of hydrogen-bond acceptors (Lipinski definition) is 4. The number of carboxylic acid groups (broad SMARTS) is 1. The molecule has 104 valence electrons. The van der Waals surface area contributed by atoms with Crippen LogP contribution in [0.5, 0.6) is 5.75 Å². The van der Waals surface area contributed by atoms with Crippen LogP contribution >= 0.6 is 0 Å². The molecule has 0 bridgehead atoms. The molecule has 2 atom stereocenters. The lowest BCUT2D eigenvalue weighted by atomic mass is 9.88. The van der Waals surface area contributed by atoms with Gasteiger partial charge in [0.1, 0.15) is 11.8 Å². The van der Waals surface area contributed by atoms with Gasteiger partial charge in [0.15, 0.2) is 0 Å². The van der Waals surface area contributed by atoms with Gasteiger partial charge in [-0.1, -0.05) is 6.07 Å². The minimum atomic E-state index is -0.831. The lowest BCUT2D eigenvalue weighted by Crippen LogP contribution is -2.48. The molecule has 0 aromatic heterocycles. The van der Waals surface area contributed by atoms with Gasteiger partial charge in [0.05, 0.1) is 13.2 Å². The van der Waals surface area contributed by atoms with Crippen LogP contribution < -0.4 is 10.1 Å². The highest BCUT2D eigenvalue weighted by Crippen LogP contribution is 2.33. The first kappa shape index (κ1) is 13.8. The van der Waals surface area contributed by atoms with E-state index in [0.29, 0.717) is 0 Å². The minimum absolute atomic E-state index is 0.155. The van der Waals surface area contributed by atoms with Gasteiger partial charge in [0.2, 0.25) is 0 Å². The van der Waals surface area contributed by atoms with Gasteiger partial charge in [-0.25, -0.2) is 0 Å². The number of carboxylic acids is 1. The van der Waals surface area contributed by atoms with E-state index in [9.17, 15) is 9.90 Å². The first-order valence-electron chi connectivity index (χ1n) is 6.35. The van der Waals surface area contributed by atoms with Gasteiger partial charge >= 0.3 is 5.97 Å². The Labute approximate surface area is 113 Å². The summed E-state index contributed by atoms with van der Waals surface area (Å²) in [7, 11) is 5.29. The molecule has 0 aliphatic carbocycles. The summed E-state index contributed by atoms with van der Waals surface area (Å²) < 4.78 is 5.23. The Balaban J connectivity index is 2.42. The zero-order valence-electron chi connectivity index (χ0n) is 11.5. The zero-order chi connectivity index (χ0) is 14.0. The van der Waals surface area contributed by atoms with Crippen LogP contribution in [0.4, 0.5) is 0 Å². The molecule has 1 aliphatic heterocycles. The maximum atomic E-state index is 11.4. The van der Waals surface area contributed by atoms with Crippen LogP contribution in [0.1, 0.15) is 17.2 Å². The molecule has 0 radical (unpaired) electrons. The summed E-state index contributed by atoms with van der Waals surface area (Å²) in [5.41, 5.74) is 2.24. The Hall–Kier alpha value is -1.59. The van der Waals surface area contributed by atoms with Crippen LogP contribution in [0.3, 0.4) is 0 Å². The maximum absolute atomic E-state index is 11.4. The second-order valence-corrected chi connectivity index (χ2v) is 4.84. The monoisotopic (exact) mass is 264 g/mol. The number of methoxy groups -OCH3 is 1. The number of benzene rings is 1. The maximum Gasteiger partial charge on any atom is 0.322 e. The highest BCUT2D eigenvalue weighted by atomic mass is 16.5. The van der Waals surface area contributed by atoms with Crippen molar-refractivity contribution in [2.45, 2.75) is 18.5 Å². The molecular weight excluding hydrogens is 244 g/mol. The van der Waals surface area contributed by atoms with Crippen molar-refractivity contribution in [1.82, 2.24) is 10.2 Å². The van der Waals surface area contributed by atoms with E-state index in [2.05, 4.69) is 10.2 Å². The lowest BCUT2D eigenvalue weighted by Gasteiger charge is -2.37. The van der Waals surface area contributed by atoms with Crippen molar-refractivity contribution in [2.75, 3.05) is 27.7 Å². The van der Waals surface area contributed by atoms with Gasteiger partial charge in [-0.3, -0.25) is 9.69 Å². The van der Waals surface area contributed by atoms with Gasteiger partial charge in [0, 0.05) is 6.54 Å². The molecule has 1 aromatic carbocycles. The van der Waals surface area contributed by atoms with Crippen LogP contribution in [-0.2, 0) is 11.2 Å². The molecule has 0 spiro atoms. The predicted octanol–water partition coefficient (Wildman–Crippen LogP) is 0.897. The zero-order valence-corrected chi connectivity index (χ0v) is 11.5. The lowest BCUT2D eigenvalue weighted by molar-refractivity contribution is -0.141. The third-order valence-electron chi connectivity index (χ3n) is 3.77. The van der Waals surface area contributed by atoms with E-state index < -0.39 is 12.0 Å². The standard InChI is InChI=1S/C14H20N2O3/c1-15-12(14(17)18)13-11-5-4-10(19-3)8-9(11)6-7-16(13)2/h4-5,8,12-13,15H,6-7H2,1-3H3,(H,17,18). The van der Waals surface area contributed by atoms with Crippen molar-refractivity contribution in [3.63, 3.8) is 0 Å². The minimum Gasteiger partial charge on any atom is -0.497 e. The van der Waals surface area contributed by atoms with Crippen molar-refractivity contribution >= 4 is 5.97 Å². The number of likely N-dealkylation sites (N-methyl/N-ethyl adjacent to an activating group) is 2. The number of nitrogens with one attached hydrogen (secondary N) is 1. The van der Waals surface area contributed by atoms with E-state index in [4.69, 9.17) is 4.74 Å². The van der Waals surface area contributed by atoms with E-state index in [1.165, 1.54) is 5.56 Å². The second-order valence-electron chi connectivity index (χ2n) is 4.84. The molecule has 1 aromatic rings. The number of fused-ring (bicyclic) bond motifs is 1. The fourth-order valence-corrected chi connectivity index (χ4v) is 2.74. The molecule has 2 N–H and O–H groups in total. The first-order chi connectivity index (χ1) is 9.08. The van der Waals surface area contributed by atoms with Crippen molar-refractivity contribution in [2.24, 2.45) is 0 Å². The molecule has 1 aliphatic rings. The number of ether oxygens (including phenoxy) is 1. The van der Waals surface area contributed by atoms with Crippen molar-refractivity contribution < 1.29 is 14.6 Å². The molecule has 2 unspecified atom stereocenters. The molecule has 2 rings (SSSR count). The molecular formula is C14H20N2O3. The van der Waals surface area contributed by atoms with Crippen LogP contribution in [0.15, 0.2) is 18.2 Å². The fourth-order valence-electron chi connectivity index (χ4n) is 2.74. The number of hydrogen-bond donors (Lipinski definition) is 2. The van der Waals surface area contributed by atoms with Crippen LogP contribution in [-0.4, -0.2) is 49.8 Å². The summed E-state index contributed by atoms with van der Waals surface area (Å²) >= 11 is 0. The summed E-state index contributed by atoms with van der Waals surface area (Å²) in [5, 5.41) is 12.3. The fraction of sp³-hybridized carbons (Fsp3) is 0.500. The highest BCUT2D eigenvalue weighted by Gasteiger charge is 2.35. The Morgan fingerprint density at radius 3 is 2.89 bits per heavy atom. The molecule has 0 saturated heterocycles. The van der Waals surface area contributed by atoms with Crippen molar-refractivity contribution in [3.8, 4) is 5.75 Å². The van der Waals surface area contributed by atoms with E-state index in [1.807, 2.05) is 25.2 Å². The molecule has 5 nitrogen and oxygen atoms in total. The number of nitrogens with zero attached hydrogens (tertiary/aromatic N) is 1. The molecule has 0 saturated carbocycles. The number of rotatable bonds is 4. The van der Waals surface area contributed by atoms with Crippen LogP contribution in [0.2, 0.25) is 0 Å². The normalized spacial score (nSPS) is 20.7. The molecule has 19 heavy (non-hydrogen) atoms. The first-order valence-corrected chi connectivity index (χ1v) is 6.35. The average molecular weight is 264 g/mol. The second kappa shape index (κ2) is 5.59. The summed E-state index contributed by atoms with van der Waals surface area (Å²) in [5.74, 6) is -0.0126. The summed E-state index contributed by atoms with van der Waals surface area (Å²) in [4.78, 5) is 13.5. The SMILES string of the molecule is CNC(C(=O)O)C1c2ccc(OC)cc2CCN1C. The largest absolute Gasteiger partial charge is 0.497 e. The topological polar surface area (TPSA) is 61.8 Å². The van der Waals surface area contributed by atoms with E-state index >= 15 is 0 Å². The molecule has 5 heteroatoms. The quantitative estimate of drug-likeness (QED) is 0.846. The van der Waals surface area contributed by atoms with Crippen molar-refractivity contribution in [1.29, 1.82) is 0 Å². The average Bonchev–Trinajstić information content (AvgIpc) is 2.41. The predicted molar refractivity (Wildman–Crippen MR) is 72.6 cm³/mol. The van der Waals surface area contributed by atoms with E-state index in [1.54, 1.807) is 14.2 Å². The highest BCUT2D eigenvalue weighted by molar-refractivity contribution is 5.75. The van der Waals surface area contributed by atoms with E-state index in [0.717, 1.165) is 24.3 Å². The van der Waals surface area contributed by atoms with Crippen molar-refractivity contribution in [3.05, 3.63) is 29.3 Å². The smallest absolute Gasteiger partial charge is 0.322 e. The van der Waals surface area contributed by atoms with Gasteiger partial charge in [-0.05, 0) is 43.8 Å². The Bertz CT molecular complexity index is 476.